The predicted molar refractivity (Wildman–Crippen MR) is 74.9 cm³/mol. The summed E-state index contributed by atoms with van der Waals surface area (Å²) in [7, 11) is -1.74. The van der Waals surface area contributed by atoms with Gasteiger partial charge >= 0.3 is 0 Å². The molecular weight excluding hydrogens is 286 g/mol. The Kier molecular flexibility index (Phi) is 3.95. The lowest BCUT2D eigenvalue weighted by Gasteiger charge is -2.33. The number of halogens is 1. The van der Waals surface area contributed by atoms with Crippen molar-refractivity contribution in [3.8, 4) is 0 Å². The molecule has 0 spiro atoms. The highest BCUT2D eigenvalue weighted by Crippen LogP contribution is 2.29. The summed E-state index contributed by atoms with van der Waals surface area (Å²) in [5.74, 6) is 0.351. The Morgan fingerprint density at radius 1 is 1.37 bits per heavy atom. The maximum Gasteiger partial charge on any atom is 0.246 e. The summed E-state index contributed by atoms with van der Waals surface area (Å²) < 4.78 is 28.5. The van der Waals surface area contributed by atoms with E-state index in [9.17, 15) is 8.42 Å². The second kappa shape index (κ2) is 5.07. The number of rotatable bonds is 2. The Bertz CT molecular complexity index is 582. The summed E-state index contributed by atoms with van der Waals surface area (Å²) in [4.78, 5) is 0.327. The fourth-order valence-corrected chi connectivity index (χ4v) is 4.72. The molecule has 0 aliphatic carbocycles. The molecule has 2 heterocycles. The third-order valence-electron chi connectivity index (χ3n) is 3.87. The molecule has 0 radical (unpaired) electrons. The van der Waals surface area contributed by atoms with E-state index in [-0.39, 0.29) is 5.38 Å². The Labute approximate surface area is 119 Å². The van der Waals surface area contributed by atoms with Crippen LogP contribution in [0.5, 0.6) is 0 Å². The minimum Gasteiger partial charge on any atom is -0.271 e. The minimum absolute atomic E-state index is 0.124. The standard InChI is InChI=1S/C12H20ClN3O2S/c1-8-5-6-16(7-11(8)13)19(17,18)12-9(2)14-15(4)10(12)3/h8,11H,5-7H2,1-4H3. The highest BCUT2D eigenvalue weighted by atomic mass is 35.5. The molecular formula is C12H20ClN3O2S. The molecule has 1 saturated heterocycles. The number of hydrogen-bond donors (Lipinski definition) is 0. The van der Waals surface area contributed by atoms with Crippen LogP contribution >= 0.6 is 11.6 Å². The molecule has 2 rings (SSSR count). The lowest BCUT2D eigenvalue weighted by molar-refractivity contribution is 0.293. The lowest BCUT2D eigenvalue weighted by atomic mass is 10.0. The zero-order valence-corrected chi connectivity index (χ0v) is 13.3. The topological polar surface area (TPSA) is 55.2 Å². The zero-order valence-electron chi connectivity index (χ0n) is 11.7. The molecule has 2 atom stereocenters. The van der Waals surface area contributed by atoms with E-state index in [4.69, 9.17) is 11.6 Å². The van der Waals surface area contributed by atoms with Crippen molar-refractivity contribution in [3.63, 3.8) is 0 Å². The second-order valence-electron chi connectivity index (χ2n) is 5.27. The fourth-order valence-electron chi connectivity index (χ4n) is 2.47. The molecule has 1 aliphatic heterocycles. The number of sulfonamides is 1. The average molecular weight is 306 g/mol. The molecule has 2 unspecified atom stereocenters. The molecule has 108 valence electrons. The predicted octanol–water partition coefficient (Wildman–Crippen LogP) is 1.67. The van der Waals surface area contributed by atoms with Gasteiger partial charge in [0, 0.05) is 25.5 Å². The highest BCUT2D eigenvalue weighted by Gasteiger charge is 2.35. The van der Waals surface area contributed by atoms with E-state index in [2.05, 4.69) is 12.0 Å². The van der Waals surface area contributed by atoms with Crippen molar-refractivity contribution in [2.45, 2.75) is 37.5 Å². The molecule has 7 heteroatoms. The van der Waals surface area contributed by atoms with Crippen molar-refractivity contribution in [2.75, 3.05) is 13.1 Å². The van der Waals surface area contributed by atoms with Gasteiger partial charge in [-0.15, -0.1) is 11.6 Å². The third kappa shape index (κ3) is 2.53. The Balaban J connectivity index is 2.38. The van der Waals surface area contributed by atoms with E-state index >= 15 is 0 Å². The van der Waals surface area contributed by atoms with Gasteiger partial charge < -0.3 is 0 Å². The number of piperidine rings is 1. The smallest absolute Gasteiger partial charge is 0.246 e. The van der Waals surface area contributed by atoms with Crippen LogP contribution < -0.4 is 0 Å². The maximum absolute atomic E-state index is 12.7. The lowest BCUT2D eigenvalue weighted by Crippen LogP contribution is -2.44. The number of alkyl halides is 1. The van der Waals surface area contributed by atoms with E-state index in [0.717, 1.165) is 6.42 Å². The first-order valence-corrected chi connectivity index (χ1v) is 8.27. The fraction of sp³-hybridized carbons (Fsp3) is 0.750. The van der Waals surface area contributed by atoms with Crippen LogP contribution in [0.15, 0.2) is 4.90 Å². The van der Waals surface area contributed by atoms with E-state index in [1.807, 2.05) is 0 Å². The number of aromatic nitrogens is 2. The summed E-state index contributed by atoms with van der Waals surface area (Å²) in [5.41, 5.74) is 1.21. The van der Waals surface area contributed by atoms with Gasteiger partial charge in [0.25, 0.3) is 0 Å². The van der Waals surface area contributed by atoms with Crippen molar-refractivity contribution in [2.24, 2.45) is 13.0 Å². The molecule has 0 amide bonds. The van der Waals surface area contributed by atoms with E-state index in [1.165, 1.54) is 4.31 Å². The molecule has 0 bridgehead atoms. The van der Waals surface area contributed by atoms with Crippen LogP contribution in [0, 0.1) is 19.8 Å². The normalized spacial score (nSPS) is 25.7. The molecule has 1 fully saturated rings. The first kappa shape index (κ1) is 14.8. The number of nitrogens with zero attached hydrogens (tertiary/aromatic N) is 3. The van der Waals surface area contributed by atoms with Crippen molar-refractivity contribution >= 4 is 21.6 Å². The van der Waals surface area contributed by atoms with Gasteiger partial charge in [-0.05, 0) is 26.2 Å². The first-order valence-electron chi connectivity index (χ1n) is 6.39. The van der Waals surface area contributed by atoms with Crippen molar-refractivity contribution in [1.82, 2.24) is 14.1 Å². The van der Waals surface area contributed by atoms with Gasteiger partial charge in [-0.2, -0.15) is 9.40 Å². The summed E-state index contributed by atoms with van der Waals surface area (Å²) in [6.07, 6.45) is 0.797. The number of hydrogen-bond acceptors (Lipinski definition) is 3. The third-order valence-corrected chi connectivity index (χ3v) is 6.56. The summed E-state index contributed by atoms with van der Waals surface area (Å²) in [6.45, 7) is 6.46. The van der Waals surface area contributed by atoms with Gasteiger partial charge in [0.2, 0.25) is 10.0 Å². The molecule has 0 N–H and O–H groups in total. The Hall–Kier alpha value is -0.590. The van der Waals surface area contributed by atoms with Crippen molar-refractivity contribution < 1.29 is 8.42 Å². The van der Waals surface area contributed by atoms with E-state index in [1.54, 1.807) is 25.6 Å². The molecule has 5 nitrogen and oxygen atoms in total. The van der Waals surface area contributed by atoms with Gasteiger partial charge in [-0.3, -0.25) is 4.68 Å². The van der Waals surface area contributed by atoms with Crippen LogP contribution in [0.3, 0.4) is 0 Å². The Morgan fingerprint density at radius 2 is 2.00 bits per heavy atom. The largest absolute Gasteiger partial charge is 0.271 e. The van der Waals surface area contributed by atoms with Crippen molar-refractivity contribution in [1.29, 1.82) is 0 Å². The van der Waals surface area contributed by atoms with Crippen LogP contribution in [0.25, 0.3) is 0 Å². The van der Waals surface area contributed by atoms with Gasteiger partial charge in [-0.25, -0.2) is 8.42 Å². The molecule has 1 aromatic rings. The van der Waals surface area contributed by atoms with E-state index in [0.29, 0.717) is 35.3 Å². The van der Waals surface area contributed by atoms with Gasteiger partial charge in [0.15, 0.2) is 0 Å². The second-order valence-corrected chi connectivity index (χ2v) is 7.70. The SMILES string of the molecule is Cc1nn(C)c(C)c1S(=O)(=O)N1CCC(C)C(Cl)C1. The van der Waals surface area contributed by atoms with Crippen LogP contribution in [0.2, 0.25) is 0 Å². The molecule has 19 heavy (non-hydrogen) atoms. The Morgan fingerprint density at radius 3 is 2.47 bits per heavy atom. The molecule has 0 saturated carbocycles. The van der Waals surface area contributed by atoms with Crippen LogP contribution in [0.4, 0.5) is 0 Å². The monoisotopic (exact) mass is 305 g/mol. The zero-order chi connectivity index (χ0) is 14.4. The van der Waals surface area contributed by atoms with Crippen molar-refractivity contribution in [3.05, 3.63) is 11.4 Å². The van der Waals surface area contributed by atoms with Crippen LogP contribution in [-0.2, 0) is 17.1 Å². The maximum atomic E-state index is 12.7. The minimum atomic E-state index is -3.49. The molecule has 1 aliphatic rings. The highest BCUT2D eigenvalue weighted by molar-refractivity contribution is 7.89. The molecule has 1 aromatic heterocycles. The first-order chi connectivity index (χ1) is 8.75. The summed E-state index contributed by atoms with van der Waals surface area (Å²) in [6, 6.07) is 0. The quantitative estimate of drug-likeness (QED) is 0.781. The van der Waals surface area contributed by atoms with Gasteiger partial charge in [0.1, 0.15) is 4.90 Å². The van der Waals surface area contributed by atoms with Crippen LogP contribution in [-0.4, -0.2) is 41.0 Å². The average Bonchev–Trinajstić information content (AvgIpc) is 2.57. The summed E-state index contributed by atoms with van der Waals surface area (Å²) in [5, 5.41) is 4.06. The van der Waals surface area contributed by atoms with Gasteiger partial charge in [-0.1, -0.05) is 6.92 Å². The summed E-state index contributed by atoms with van der Waals surface area (Å²) >= 11 is 6.21. The van der Waals surface area contributed by atoms with Gasteiger partial charge in [0.05, 0.1) is 11.4 Å². The number of aryl methyl sites for hydroxylation is 2. The van der Waals surface area contributed by atoms with E-state index < -0.39 is 10.0 Å². The molecule has 0 aromatic carbocycles. The van der Waals surface area contributed by atoms with Crippen LogP contribution in [0.1, 0.15) is 24.7 Å².